The van der Waals surface area contributed by atoms with Crippen molar-refractivity contribution in [1.29, 1.82) is 0 Å². The van der Waals surface area contributed by atoms with Crippen molar-refractivity contribution in [3.63, 3.8) is 0 Å². The Morgan fingerprint density at radius 1 is 1.00 bits per heavy atom. The van der Waals surface area contributed by atoms with Crippen LogP contribution >= 0.6 is 31.9 Å². The third-order valence-corrected chi connectivity index (χ3v) is 4.18. The van der Waals surface area contributed by atoms with Gasteiger partial charge in [0.05, 0.1) is 0 Å². The summed E-state index contributed by atoms with van der Waals surface area (Å²) in [5.41, 5.74) is -0.368. The van der Waals surface area contributed by atoms with Crippen LogP contribution in [0.15, 0.2) is 0 Å². The molecule has 0 bridgehead atoms. The summed E-state index contributed by atoms with van der Waals surface area (Å²) in [6.07, 6.45) is 0. The molecule has 60 valence electrons. The largest absolute Gasteiger partial charge is 0.226 e. The minimum atomic E-state index is -0.184. The maximum Gasteiger partial charge on any atom is 0.143 e. The van der Waals surface area contributed by atoms with Crippen LogP contribution < -0.4 is 0 Å². The van der Waals surface area contributed by atoms with Crippen molar-refractivity contribution < 1.29 is 9.78 Å². The van der Waals surface area contributed by atoms with Gasteiger partial charge in [-0.2, -0.15) is 0 Å². The van der Waals surface area contributed by atoms with E-state index in [1.54, 1.807) is 0 Å². The molecule has 1 heterocycles. The summed E-state index contributed by atoms with van der Waals surface area (Å²) in [6.45, 7) is 4.04. The van der Waals surface area contributed by atoms with Gasteiger partial charge in [0.2, 0.25) is 0 Å². The van der Waals surface area contributed by atoms with Gasteiger partial charge in [-0.3, -0.25) is 0 Å². The number of rotatable bonds is 2. The van der Waals surface area contributed by atoms with E-state index in [9.17, 15) is 0 Å². The lowest BCUT2D eigenvalue weighted by molar-refractivity contribution is -0.531. The predicted molar refractivity (Wildman–Crippen MR) is 46.6 cm³/mol. The molecule has 0 aliphatic carbocycles. The zero-order valence-corrected chi connectivity index (χ0v) is 9.16. The summed E-state index contributed by atoms with van der Waals surface area (Å²) in [7, 11) is 0. The van der Waals surface area contributed by atoms with Crippen LogP contribution in [0.2, 0.25) is 0 Å². The molecule has 1 rings (SSSR count). The molecular formula is C6H10Br2O2. The van der Waals surface area contributed by atoms with Crippen LogP contribution in [-0.4, -0.2) is 21.9 Å². The van der Waals surface area contributed by atoms with E-state index in [1.807, 2.05) is 13.8 Å². The molecule has 1 fully saturated rings. The van der Waals surface area contributed by atoms with Gasteiger partial charge >= 0.3 is 0 Å². The van der Waals surface area contributed by atoms with Gasteiger partial charge in [0, 0.05) is 10.7 Å². The van der Waals surface area contributed by atoms with Crippen LogP contribution in [0, 0.1) is 0 Å². The Hall–Kier alpha value is 0.880. The Bertz CT molecular complexity index is 118. The number of hydrogen-bond donors (Lipinski definition) is 0. The van der Waals surface area contributed by atoms with Gasteiger partial charge in [-0.1, -0.05) is 31.9 Å². The topological polar surface area (TPSA) is 18.5 Å². The van der Waals surface area contributed by atoms with E-state index in [1.165, 1.54) is 0 Å². The summed E-state index contributed by atoms with van der Waals surface area (Å²) in [4.78, 5) is 9.99. The first-order chi connectivity index (χ1) is 4.58. The average Bonchev–Trinajstić information content (AvgIpc) is 1.99. The van der Waals surface area contributed by atoms with E-state index in [-0.39, 0.29) is 11.2 Å². The Morgan fingerprint density at radius 3 is 1.40 bits per heavy atom. The molecule has 0 radical (unpaired) electrons. The third-order valence-electron chi connectivity index (χ3n) is 2.04. The molecule has 10 heavy (non-hydrogen) atoms. The Kier molecular flexibility index (Phi) is 2.45. The molecule has 1 saturated heterocycles. The molecule has 1 aliphatic heterocycles. The predicted octanol–water partition coefficient (Wildman–Crippen LogP) is 2.26. The lowest BCUT2D eigenvalue weighted by Gasteiger charge is -2.51. The standard InChI is InChI=1S/C6H10Br2O2/c1-5(3-7)6(2,4-8)10-9-5/h3-4H2,1-2H3/t5-,6-/m1/s1. The van der Waals surface area contributed by atoms with Gasteiger partial charge < -0.3 is 0 Å². The molecule has 0 N–H and O–H groups in total. The number of alkyl halides is 2. The fourth-order valence-corrected chi connectivity index (χ4v) is 2.03. The van der Waals surface area contributed by atoms with Crippen molar-refractivity contribution in [1.82, 2.24) is 0 Å². The number of halogens is 2. The molecule has 0 saturated carbocycles. The summed E-state index contributed by atoms with van der Waals surface area (Å²) >= 11 is 6.75. The molecular weight excluding hydrogens is 264 g/mol. The van der Waals surface area contributed by atoms with Crippen LogP contribution in [-0.2, 0) is 9.78 Å². The Balaban J connectivity index is 2.64. The highest BCUT2D eigenvalue weighted by atomic mass is 79.9. The molecule has 2 nitrogen and oxygen atoms in total. The quantitative estimate of drug-likeness (QED) is 0.568. The molecule has 0 spiro atoms. The first-order valence-corrected chi connectivity index (χ1v) is 5.31. The fraction of sp³-hybridized carbons (Fsp3) is 1.00. The molecule has 0 aromatic heterocycles. The summed E-state index contributed by atoms with van der Waals surface area (Å²) in [6, 6.07) is 0. The van der Waals surface area contributed by atoms with Gasteiger partial charge in [-0.05, 0) is 13.8 Å². The third kappa shape index (κ3) is 1.05. The van der Waals surface area contributed by atoms with Gasteiger partial charge in [-0.15, -0.1) is 0 Å². The van der Waals surface area contributed by atoms with E-state index in [0.29, 0.717) is 0 Å². The van der Waals surface area contributed by atoms with Gasteiger partial charge in [0.15, 0.2) is 0 Å². The second kappa shape index (κ2) is 2.73. The van der Waals surface area contributed by atoms with Crippen molar-refractivity contribution in [2.75, 3.05) is 10.7 Å². The molecule has 2 atom stereocenters. The van der Waals surface area contributed by atoms with Crippen molar-refractivity contribution in [3.05, 3.63) is 0 Å². The van der Waals surface area contributed by atoms with E-state index in [0.717, 1.165) is 10.7 Å². The normalized spacial score (nSPS) is 46.8. The van der Waals surface area contributed by atoms with Crippen LogP contribution in [0.5, 0.6) is 0 Å². The maximum atomic E-state index is 5.00. The SMILES string of the molecule is C[C@]1(CBr)OO[C@]1(C)CBr. The van der Waals surface area contributed by atoms with Crippen molar-refractivity contribution in [2.45, 2.75) is 25.0 Å². The summed E-state index contributed by atoms with van der Waals surface area (Å²) < 4.78 is 0. The zero-order chi connectivity index (χ0) is 7.83. The molecule has 0 aromatic rings. The van der Waals surface area contributed by atoms with E-state index in [4.69, 9.17) is 9.78 Å². The van der Waals surface area contributed by atoms with Crippen LogP contribution in [0.4, 0.5) is 0 Å². The first-order valence-electron chi connectivity index (χ1n) is 3.07. The molecule has 4 heteroatoms. The lowest BCUT2D eigenvalue weighted by Crippen LogP contribution is -2.65. The minimum Gasteiger partial charge on any atom is -0.226 e. The van der Waals surface area contributed by atoms with Crippen molar-refractivity contribution in [2.24, 2.45) is 0 Å². The second-order valence-corrected chi connectivity index (χ2v) is 4.02. The van der Waals surface area contributed by atoms with Gasteiger partial charge in [-0.25, -0.2) is 9.78 Å². The van der Waals surface area contributed by atoms with Crippen LogP contribution in [0.3, 0.4) is 0 Å². The van der Waals surface area contributed by atoms with Crippen molar-refractivity contribution >= 4 is 31.9 Å². The van der Waals surface area contributed by atoms with Crippen molar-refractivity contribution in [3.8, 4) is 0 Å². The molecule has 0 unspecified atom stereocenters. The van der Waals surface area contributed by atoms with E-state index in [2.05, 4.69) is 31.9 Å². The van der Waals surface area contributed by atoms with E-state index >= 15 is 0 Å². The Labute approximate surface area is 77.4 Å². The average molecular weight is 274 g/mol. The monoisotopic (exact) mass is 272 g/mol. The highest BCUT2D eigenvalue weighted by Gasteiger charge is 2.56. The maximum absolute atomic E-state index is 5.00. The van der Waals surface area contributed by atoms with Gasteiger partial charge in [0.1, 0.15) is 11.2 Å². The summed E-state index contributed by atoms with van der Waals surface area (Å²) in [5.74, 6) is 0. The first kappa shape index (κ1) is 8.97. The minimum absolute atomic E-state index is 0.184. The molecule has 0 aromatic carbocycles. The number of hydrogen-bond acceptors (Lipinski definition) is 2. The Morgan fingerprint density at radius 2 is 1.30 bits per heavy atom. The zero-order valence-electron chi connectivity index (χ0n) is 5.99. The lowest BCUT2D eigenvalue weighted by atomic mass is 9.88. The second-order valence-electron chi connectivity index (χ2n) is 2.90. The van der Waals surface area contributed by atoms with E-state index < -0.39 is 0 Å². The van der Waals surface area contributed by atoms with Crippen LogP contribution in [0.25, 0.3) is 0 Å². The smallest absolute Gasteiger partial charge is 0.143 e. The highest BCUT2D eigenvalue weighted by Crippen LogP contribution is 2.42. The summed E-state index contributed by atoms with van der Waals surface area (Å²) in [5, 5.41) is 1.59. The molecule has 1 aliphatic rings. The highest BCUT2D eigenvalue weighted by molar-refractivity contribution is 9.09. The van der Waals surface area contributed by atoms with Crippen LogP contribution in [0.1, 0.15) is 13.8 Å². The molecule has 0 amide bonds. The fourth-order valence-electron chi connectivity index (χ4n) is 0.653. The van der Waals surface area contributed by atoms with Gasteiger partial charge in [0.25, 0.3) is 0 Å².